The molecule has 12 heavy (non-hydrogen) atoms. The largest absolute Gasteiger partial charge is 0.481 e. The summed E-state index contributed by atoms with van der Waals surface area (Å²) in [6.07, 6.45) is 2.14. The number of carboxylic acid groups (broad SMARTS) is 1. The maximum atomic E-state index is 10.2. The van der Waals surface area contributed by atoms with E-state index >= 15 is 0 Å². The number of hydrogen-bond acceptors (Lipinski definition) is 3. The first-order chi connectivity index (χ1) is 5.63. The molecule has 0 saturated carbocycles. The molecule has 0 aliphatic rings. The van der Waals surface area contributed by atoms with Crippen molar-refractivity contribution < 1.29 is 14.7 Å². The van der Waals surface area contributed by atoms with Crippen LogP contribution in [0, 0.1) is 5.92 Å². The Balaban J connectivity index is 0. The number of aldehydes is 1. The monoisotopic (exact) mass is 175 g/mol. The standard InChI is InChI=1S/C6H12O2.C2H5NO/c1-3-5(4-2)6(7)8;3-1-2-4/h5H,3-4H2,1-2H3,(H,7,8);2H,1,3H2. The van der Waals surface area contributed by atoms with E-state index in [2.05, 4.69) is 5.73 Å². The molecule has 0 aromatic carbocycles. The van der Waals surface area contributed by atoms with E-state index in [4.69, 9.17) is 9.90 Å². The number of rotatable bonds is 4. The molecular weight excluding hydrogens is 158 g/mol. The van der Waals surface area contributed by atoms with Crippen LogP contribution in [0.5, 0.6) is 0 Å². The number of hydrogen-bond donors (Lipinski definition) is 2. The topological polar surface area (TPSA) is 80.4 Å². The van der Waals surface area contributed by atoms with Gasteiger partial charge in [-0.1, -0.05) is 13.8 Å². The molecule has 4 nitrogen and oxygen atoms in total. The fourth-order valence-electron chi connectivity index (χ4n) is 0.638. The second-order valence-electron chi connectivity index (χ2n) is 2.25. The summed E-state index contributed by atoms with van der Waals surface area (Å²) in [5, 5.41) is 8.37. The smallest absolute Gasteiger partial charge is 0.306 e. The van der Waals surface area contributed by atoms with Gasteiger partial charge >= 0.3 is 5.97 Å². The number of carboxylic acids is 1. The van der Waals surface area contributed by atoms with Crippen molar-refractivity contribution in [2.75, 3.05) is 6.54 Å². The average molecular weight is 175 g/mol. The zero-order valence-electron chi connectivity index (χ0n) is 7.62. The molecule has 0 amide bonds. The van der Waals surface area contributed by atoms with Gasteiger partial charge in [0.2, 0.25) is 0 Å². The molecule has 0 heterocycles. The third-order valence-corrected chi connectivity index (χ3v) is 1.43. The summed E-state index contributed by atoms with van der Waals surface area (Å²) in [6.45, 7) is 3.92. The van der Waals surface area contributed by atoms with Crippen LogP contribution in [0.1, 0.15) is 26.7 Å². The lowest BCUT2D eigenvalue weighted by molar-refractivity contribution is -0.141. The van der Waals surface area contributed by atoms with Crippen LogP contribution in [0.25, 0.3) is 0 Å². The maximum absolute atomic E-state index is 10.2. The lowest BCUT2D eigenvalue weighted by atomic mass is 10.1. The first-order valence-electron chi connectivity index (χ1n) is 4.00. The van der Waals surface area contributed by atoms with Crippen LogP contribution in [0.15, 0.2) is 0 Å². The second kappa shape index (κ2) is 10.1. The van der Waals surface area contributed by atoms with E-state index in [0.717, 1.165) is 12.8 Å². The third-order valence-electron chi connectivity index (χ3n) is 1.43. The fraction of sp³-hybridized carbons (Fsp3) is 0.750. The Morgan fingerprint density at radius 1 is 1.50 bits per heavy atom. The van der Waals surface area contributed by atoms with Gasteiger partial charge in [-0.2, -0.15) is 0 Å². The quantitative estimate of drug-likeness (QED) is 0.615. The molecule has 3 N–H and O–H groups in total. The van der Waals surface area contributed by atoms with Gasteiger partial charge in [0, 0.05) is 6.54 Å². The highest BCUT2D eigenvalue weighted by Gasteiger charge is 2.10. The molecule has 0 aromatic rings. The predicted molar refractivity (Wildman–Crippen MR) is 46.8 cm³/mol. The highest BCUT2D eigenvalue weighted by atomic mass is 16.4. The molecule has 4 heteroatoms. The van der Waals surface area contributed by atoms with Crippen LogP contribution >= 0.6 is 0 Å². The Morgan fingerprint density at radius 3 is 1.83 bits per heavy atom. The van der Waals surface area contributed by atoms with E-state index in [1.807, 2.05) is 13.8 Å². The van der Waals surface area contributed by atoms with Gasteiger partial charge in [0.25, 0.3) is 0 Å². The Kier molecular flexibility index (Phi) is 11.5. The van der Waals surface area contributed by atoms with Crippen LogP contribution in [-0.4, -0.2) is 23.9 Å². The van der Waals surface area contributed by atoms with E-state index in [0.29, 0.717) is 6.29 Å². The van der Waals surface area contributed by atoms with Gasteiger partial charge in [-0.15, -0.1) is 0 Å². The molecule has 0 spiro atoms. The van der Waals surface area contributed by atoms with Crippen LogP contribution in [0.2, 0.25) is 0 Å². The van der Waals surface area contributed by atoms with Gasteiger partial charge in [0.1, 0.15) is 6.29 Å². The highest BCUT2D eigenvalue weighted by Crippen LogP contribution is 2.05. The predicted octanol–water partition coefficient (Wildman–Crippen LogP) is 0.651. The van der Waals surface area contributed by atoms with Crippen LogP contribution in [0.3, 0.4) is 0 Å². The van der Waals surface area contributed by atoms with Gasteiger partial charge in [-0.05, 0) is 12.8 Å². The number of carbonyl (C=O) groups excluding carboxylic acids is 1. The van der Waals surface area contributed by atoms with Gasteiger partial charge in [0.05, 0.1) is 5.92 Å². The summed E-state index contributed by atoms with van der Waals surface area (Å²) in [5.41, 5.74) is 4.66. The van der Waals surface area contributed by atoms with Crippen molar-refractivity contribution in [1.29, 1.82) is 0 Å². The van der Waals surface area contributed by atoms with E-state index in [1.165, 1.54) is 0 Å². The lowest BCUT2D eigenvalue weighted by Gasteiger charge is -2.02. The molecule has 0 atom stereocenters. The summed E-state index contributed by atoms with van der Waals surface area (Å²) in [4.78, 5) is 19.2. The Labute approximate surface area is 72.8 Å². The van der Waals surface area contributed by atoms with Crippen molar-refractivity contribution in [2.45, 2.75) is 26.7 Å². The van der Waals surface area contributed by atoms with Crippen LogP contribution < -0.4 is 5.73 Å². The Hall–Kier alpha value is -0.900. The molecule has 0 rings (SSSR count). The molecule has 0 aliphatic carbocycles. The Morgan fingerprint density at radius 2 is 1.83 bits per heavy atom. The molecule has 0 unspecified atom stereocenters. The fourth-order valence-corrected chi connectivity index (χ4v) is 0.638. The molecule has 0 saturated heterocycles. The summed E-state index contributed by atoms with van der Waals surface area (Å²) >= 11 is 0. The lowest BCUT2D eigenvalue weighted by Crippen LogP contribution is -2.10. The molecular formula is C8H17NO3. The van der Waals surface area contributed by atoms with Gasteiger partial charge in [-0.25, -0.2) is 0 Å². The van der Waals surface area contributed by atoms with Crippen LogP contribution in [-0.2, 0) is 9.59 Å². The summed E-state index contributed by atoms with van der Waals surface area (Å²) in [7, 11) is 0. The van der Waals surface area contributed by atoms with Crippen molar-refractivity contribution in [3.05, 3.63) is 0 Å². The molecule has 0 fully saturated rings. The van der Waals surface area contributed by atoms with Crippen molar-refractivity contribution in [2.24, 2.45) is 11.7 Å². The Bertz CT molecular complexity index is 121. The molecule has 0 aromatic heterocycles. The molecule has 0 radical (unpaired) electrons. The van der Waals surface area contributed by atoms with Crippen molar-refractivity contribution in [3.63, 3.8) is 0 Å². The molecule has 72 valence electrons. The highest BCUT2D eigenvalue weighted by molar-refractivity contribution is 5.69. The SMILES string of the molecule is CCC(CC)C(=O)O.NCC=O. The first-order valence-corrected chi connectivity index (χ1v) is 4.00. The minimum atomic E-state index is -0.671. The van der Waals surface area contributed by atoms with Crippen molar-refractivity contribution >= 4 is 12.3 Å². The maximum Gasteiger partial charge on any atom is 0.306 e. The van der Waals surface area contributed by atoms with E-state index < -0.39 is 5.97 Å². The van der Waals surface area contributed by atoms with E-state index in [1.54, 1.807) is 0 Å². The molecule has 0 aliphatic heterocycles. The van der Waals surface area contributed by atoms with Gasteiger partial charge in [-0.3, -0.25) is 4.79 Å². The van der Waals surface area contributed by atoms with Crippen molar-refractivity contribution in [3.8, 4) is 0 Å². The third kappa shape index (κ3) is 9.10. The summed E-state index contributed by atoms with van der Waals surface area (Å²) in [6, 6.07) is 0. The first kappa shape index (κ1) is 13.7. The number of carbonyl (C=O) groups is 2. The number of aliphatic carboxylic acids is 1. The normalized spacial score (nSPS) is 8.67. The van der Waals surface area contributed by atoms with E-state index in [9.17, 15) is 4.79 Å². The zero-order chi connectivity index (χ0) is 9.98. The second-order valence-corrected chi connectivity index (χ2v) is 2.25. The van der Waals surface area contributed by atoms with Gasteiger partial charge < -0.3 is 15.6 Å². The molecule has 0 bridgehead atoms. The number of nitrogens with two attached hydrogens (primary N) is 1. The zero-order valence-corrected chi connectivity index (χ0v) is 7.62. The van der Waals surface area contributed by atoms with Gasteiger partial charge in [0.15, 0.2) is 0 Å². The average Bonchev–Trinajstić information content (AvgIpc) is 2.07. The minimum Gasteiger partial charge on any atom is -0.481 e. The summed E-state index contributed by atoms with van der Waals surface area (Å²) < 4.78 is 0. The van der Waals surface area contributed by atoms with Crippen molar-refractivity contribution in [1.82, 2.24) is 0 Å². The minimum absolute atomic E-state index is 0.130. The summed E-state index contributed by atoms with van der Waals surface area (Å²) in [5.74, 6) is -0.801. The van der Waals surface area contributed by atoms with E-state index in [-0.39, 0.29) is 12.5 Å². The van der Waals surface area contributed by atoms with Crippen LogP contribution in [0.4, 0.5) is 0 Å².